The number of hydrogen-bond donors (Lipinski definition) is 2. The normalized spacial score (nSPS) is 17.3. The third-order valence-corrected chi connectivity index (χ3v) is 4.53. The first kappa shape index (κ1) is 15.4. The van der Waals surface area contributed by atoms with Crippen molar-refractivity contribution < 1.29 is 4.52 Å². The third-order valence-electron chi connectivity index (χ3n) is 4.29. The van der Waals surface area contributed by atoms with Crippen LogP contribution in [0.3, 0.4) is 0 Å². The Kier molecular flexibility index (Phi) is 3.93. The second-order valence-electron chi connectivity index (χ2n) is 5.58. The van der Waals surface area contributed by atoms with Crippen molar-refractivity contribution in [2.24, 2.45) is 0 Å². The van der Waals surface area contributed by atoms with E-state index in [2.05, 4.69) is 15.5 Å². The Bertz CT molecular complexity index is 818. The predicted octanol–water partition coefficient (Wildman–Crippen LogP) is 4.08. The van der Waals surface area contributed by atoms with E-state index in [-0.39, 0.29) is 18.4 Å². The number of halogens is 2. The number of nitrogens with zero attached hydrogens (tertiary/aromatic N) is 1. The molecule has 0 radical (unpaired) electrons. The van der Waals surface area contributed by atoms with Gasteiger partial charge in [0.2, 0.25) is 0 Å². The number of fused-ring (bicyclic) bond motifs is 3. The Hall–Kier alpha value is -1.49. The van der Waals surface area contributed by atoms with E-state index in [0.29, 0.717) is 0 Å². The first-order valence-corrected chi connectivity index (χ1v) is 7.49. The Morgan fingerprint density at radius 3 is 2.86 bits per heavy atom. The van der Waals surface area contributed by atoms with Crippen molar-refractivity contribution in [3.63, 3.8) is 0 Å². The van der Waals surface area contributed by atoms with Gasteiger partial charge in [-0.3, -0.25) is 0 Å². The number of hydrogen-bond acceptors (Lipinski definition) is 3. The van der Waals surface area contributed by atoms with Gasteiger partial charge in [-0.1, -0.05) is 16.8 Å². The zero-order valence-corrected chi connectivity index (χ0v) is 13.9. The van der Waals surface area contributed by atoms with Gasteiger partial charge in [-0.25, -0.2) is 0 Å². The fourth-order valence-corrected chi connectivity index (χ4v) is 3.52. The molecule has 3 aromatic rings. The van der Waals surface area contributed by atoms with E-state index in [0.717, 1.165) is 40.5 Å². The second kappa shape index (κ2) is 5.61. The summed E-state index contributed by atoms with van der Waals surface area (Å²) < 4.78 is 5.33. The van der Waals surface area contributed by atoms with Crippen molar-refractivity contribution in [3.8, 4) is 0 Å². The first-order valence-electron chi connectivity index (χ1n) is 7.11. The van der Waals surface area contributed by atoms with Crippen LogP contribution in [0.2, 0.25) is 5.02 Å². The average molecular weight is 338 g/mol. The van der Waals surface area contributed by atoms with Gasteiger partial charge in [0.25, 0.3) is 0 Å². The summed E-state index contributed by atoms with van der Waals surface area (Å²) in [6, 6.07) is 6.11. The number of aromatic amines is 1. The minimum absolute atomic E-state index is 0. The molecule has 4 rings (SSSR count). The Labute approximate surface area is 139 Å². The Morgan fingerprint density at radius 1 is 1.32 bits per heavy atom. The number of nitrogens with one attached hydrogen (secondary N) is 2. The lowest BCUT2D eigenvalue weighted by Gasteiger charge is -2.24. The molecule has 0 bridgehead atoms. The number of aromatic nitrogens is 2. The van der Waals surface area contributed by atoms with Gasteiger partial charge in [0.05, 0.1) is 11.7 Å². The van der Waals surface area contributed by atoms with Crippen LogP contribution in [0.5, 0.6) is 0 Å². The maximum atomic E-state index is 6.15. The maximum Gasteiger partial charge on any atom is 0.139 e. The van der Waals surface area contributed by atoms with Gasteiger partial charge >= 0.3 is 0 Å². The topological polar surface area (TPSA) is 53.9 Å². The predicted molar refractivity (Wildman–Crippen MR) is 90.1 cm³/mol. The summed E-state index contributed by atoms with van der Waals surface area (Å²) >= 11 is 6.15. The summed E-state index contributed by atoms with van der Waals surface area (Å²) in [5.41, 5.74) is 5.75. The van der Waals surface area contributed by atoms with Gasteiger partial charge in [-0.15, -0.1) is 12.4 Å². The summed E-state index contributed by atoms with van der Waals surface area (Å²) in [4.78, 5) is 3.55. The third kappa shape index (κ3) is 2.22. The zero-order valence-electron chi connectivity index (χ0n) is 12.4. The first-order chi connectivity index (χ1) is 10.1. The largest absolute Gasteiger partial charge is 0.361 e. The smallest absolute Gasteiger partial charge is 0.139 e. The molecule has 4 nitrogen and oxygen atoms in total. The SMILES string of the molecule is Cc1noc(C)c1C1NCCc2c1[nH]c1ccc(Cl)cc21.Cl. The van der Waals surface area contributed by atoms with E-state index >= 15 is 0 Å². The molecule has 1 aromatic carbocycles. The fourth-order valence-electron chi connectivity index (χ4n) is 3.35. The summed E-state index contributed by atoms with van der Waals surface area (Å²) in [7, 11) is 0. The maximum absolute atomic E-state index is 6.15. The highest BCUT2D eigenvalue weighted by molar-refractivity contribution is 6.31. The number of aryl methyl sites for hydroxylation is 2. The van der Waals surface area contributed by atoms with Crippen LogP contribution in [0.4, 0.5) is 0 Å². The van der Waals surface area contributed by atoms with Gasteiger partial charge in [-0.05, 0) is 44.0 Å². The standard InChI is InChI=1S/C16H16ClN3O.ClH/c1-8-14(9(2)21-20-8)16-15-11(5-6-18-16)12-7-10(17)3-4-13(12)19-15;/h3-4,7,16,18-19H,5-6H2,1-2H3;1H. The molecule has 0 saturated carbocycles. The number of rotatable bonds is 1. The van der Waals surface area contributed by atoms with E-state index in [1.165, 1.54) is 16.6 Å². The van der Waals surface area contributed by atoms with Crippen molar-refractivity contribution in [2.75, 3.05) is 6.54 Å². The molecule has 1 atom stereocenters. The van der Waals surface area contributed by atoms with E-state index < -0.39 is 0 Å². The van der Waals surface area contributed by atoms with Gasteiger partial charge in [0, 0.05) is 33.7 Å². The molecule has 0 amide bonds. The molecule has 116 valence electrons. The van der Waals surface area contributed by atoms with E-state index in [9.17, 15) is 0 Å². The monoisotopic (exact) mass is 337 g/mol. The van der Waals surface area contributed by atoms with Gasteiger partial charge < -0.3 is 14.8 Å². The fraction of sp³-hybridized carbons (Fsp3) is 0.312. The molecular formula is C16H17Cl2N3O. The van der Waals surface area contributed by atoms with Crippen LogP contribution < -0.4 is 5.32 Å². The van der Waals surface area contributed by atoms with Crippen LogP contribution in [0, 0.1) is 13.8 Å². The van der Waals surface area contributed by atoms with Gasteiger partial charge in [-0.2, -0.15) is 0 Å². The lowest BCUT2D eigenvalue weighted by Crippen LogP contribution is -2.31. The van der Waals surface area contributed by atoms with Crippen molar-refractivity contribution in [3.05, 3.63) is 51.5 Å². The van der Waals surface area contributed by atoms with Crippen LogP contribution in [0.15, 0.2) is 22.7 Å². The second-order valence-corrected chi connectivity index (χ2v) is 6.02. The molecule has 3 heterocycles. The molecule has 6 heteroatoms. The summed E-state index contributed by atoms with van der Waals surface area (Å²) in [6.07, 6.45) is 0.996. The zero-order chi connectivity index (χ0) is 14.6. The van der Waals surface area contributed by atoms with Crippen molar-refractivity contribution in [2.45, 2.75) is 26.3 Å². The highest BCUT2D eigenvalue weighted by Gasteiger charge is 2.29. The van der Waals surface area contributed by atoms with Crippen molar-refractivity contribution in [1.82, 2.24) is 15.5 Å². The highest BCUT2D eigenvalue weighted by atomic mass is 35.5. The summed E-state index contributed by atoms with van der Waals surface area (Å²) in [5.74, 6) is 0.870. The molecule has 0 aliphatic carbocycles. The minimum atomic E-state index is 0. The molecule has 1 aliphatic rings. The van der Waals surface area contributed by atoms with E-state index in [1.807, 2.05) is 32.0 Å². The molecule has 2 N–H and O–H groups in total. The molecule has 0 spiro atoms. The van der Waals surface area contributed by atoms with Crippen LogP contribution >= 0.6 is 24.0 Å². The molecule has 22 heavy (non-hydrogen) atoms. The average Bonchev–Trinajstić information content (AvgIpc) is 2.99. The molecular weight excluding hydrogens is 321 g/mol. The lowest BCUT2D eigenvalue weighted by molar-refractivity contribution is 0.390. The molecule has 0 saturated heterocycles. The van der Waals surface area contributed by atoms with E-state index in [4.69, 9.17) is 16.1 Å². The number of H-pyrrole nitrogens is 1. The van der Waals surface area contributed by atoms with E-state index in [1.54, 1.807) is 0 Å². The van der Waals surface area contributed by atoms with Crippen LogP contribution in [-0.2, 0) is 6.42 Å². The van der Waals surface area contributed by atoms with Crippen LogP contribution in [-0.4, -0.2) is 16.7 Å². The molecule has 1 unspecified atom stereocenters. The molecule has 1 aliphatic heterocycles. The summed E-state index contributed by atoms with van der Waals surface area (Å²) in [6.45, 7) is 4.88. The van der Waals surface area contributed by atoms with Gasteiger partial charge in [0.1, 0.15) is 5.76 Å². The van der Waals surface area contributed by atoms with Crippen molar-refractivity contribution in [1.29, 1.82) is 0 Å². The summed E-state index contributed by atoms with van der Waals surface area (Å²) in [5, 5.41) is 9.65. The Balaban J connectivity index is 0.00000144. The molecule has 2 aromatic heterocycles. The van der Waals surface area contributed by atoms with Crippen LogP contribution in [0.1, 0.15) is 34.3 Å². The Morgan fingerprint density at radius 2 is 2.14 bits per heavy atom. The van der Waals surface area contributed by atoms with Crippen LogP contribution in [0.25, 0.3) is 10.9 Å². The quantitative estimate of drug-likeness (QED) is 0.703. The number of benzene rings is 1. The molecule has 0 fully saturated rings. The van der Waals surface area contributed by atoms with Gasteiger partial charge in [0.15, 0.2) is 0 Å². The van der Waals surface area contributed by atoms with Crippen molar-refractivity contribution >= 4 is 34.9 Å². The minimum Gasteiger partial charge on any atom is -0.361 e. The lowest BCUT2D eigenvalue weighted by atomic mass is 9.93. The highest BCUT2D eigenvalue weighted by Crippen LogP contribution is 2.36.